The van der Waals surface area contributed by atoms with Crippen molar-refractivity contribution in [2.75, 3.05) is 22.5 Å². The zero-order valence-electron chi connectivity index (χ0n) is 10.5. The Labute approximate surface area is 141 Å². The van der Waals surface area contributed by atoms with E-state index in [4.69, 9.17) is 11.5 Å². The molecule has 0 aliphatic rings. The van der Waals surface area contributed by atoms with Crippen LogP contribution < -0.4 is 16.8 Å². The molecule has 0 bridgehead atoms. The Bertz CT molecular complexity index is 664. The molecule has 7 nitrogen and oxygen atoms in total. The molecule has 0 atom stereocenters. The Morgan fingerprint density at radius 2 is 1.90 bits per heavy atom. The summed E-state index contributed by atoms with van der Waals surface area (Å²) >= 11 is 7.75. The second-order valence-electron chi connectivity index (χ2n) is 3.82. The van der Waals surface area contributed by atoms with Crippen LogP contribution in [0.2, 0.25) is 0 Å². The highest BCUT2D eigenvalue weighted by Crippen LogP contribution is 2.24. The van der Waals surface area contributed by atoms with Crippen LogP contribution in [0.25, 0.3) is 0 Å². The lowest BCUT2D eigenvalue weighted by Gasteiger charge is -2.06. The maximum atomic E-state index is 11.9. The van der Waals surface area contributed by atoms with E-state index in [1.807, 2.05) is 0 Å². The summed E-state index contributed by atoms with van der Waals surface area (Å²) in [6.45, 7) is 0. The van der Waals surface area contributed by atoms with E-state index in [-0.39, 0.29) is 23.3 Å². The monoisotopic (exact) mass is 432 g/mol. The summed E-state index contributed by atoms with van der Waals surface area (Å²) < 4.78 is 1.49. The SMILES string of the molecule is Nc1cc(N)nc(SCC(=O)Nc2ncc(Br)cc2Br)n1. The number of aromatic nitrogens is 3. The second kappa shape index (κ2) is 7.05. The van der Waals surface area contributed by atoms with Crippen LogP contribution in [0.15, 0.2) is 32.4 Å². The van der Waals surface area contributed by atoms with E-state index in [0.717, 1.165) is 16.2 Å². The Balaban J connectivity index is 1.95. The maximum absolute atomic E-state index is 11.9. The van der Waals surface area contributed by atoms with Gasteiger partial charge in [-0.05, 0) is 37.9 Å². The third-order valence-electron chi connectivity index (χ3n) is 2.14. The lowest BCUT2D eigenvalue weighted by molar-refractivity contribution is -0.113. The van der Waals surface area contributed by atoms with E-state index in [2.05, 4.69) is 52.1 Å². The lowest BCUT2D eigenvalue weighted by atomic mass is 10.4. The molecule has 110 valence electrons. The van der Waals surface area contributed by atoms with Gasteiger partial charge in [0.05, 0.1) is 10.2 Å². The van der Waals surface area contributed by atoms with Crippen LogP contribution in [0, 0.1) is 0 Å². The van der Waals surface area contributed by atoms with Crippen molar-refractivity contribution in [3.63, 3.8) is 0 Å². The van der Waals surface area contributed by atoms with Crippen molar-refractivity contribution in [1.82, 2.24) is 15.0 Å². The van der Waals surface area contributed by atoms with Gasteiger partial charge in [-0.15, -0.1) is 0 Å². The predicted molar refractivity (Wildman–Crippen MR) is 89.8 cm³/mol. The van der Waals surface area contributed by atoms with Crippen molar-refractivity contribution in [2.24, 2.45) is 0 Å². The van der Waals surface area contributed by atoms with Crippen molar-refractivity contribution in [3.05, 3.63) is 27.3 Å². The molecule has 0 spiro atoms. The number of carbonyl (C=O) groups excluding carboxylic acids is 1. The van der Waals surface area contributed by atoms with E-state index >= 15 is 0 Å². The summed E-state index contributed by atoms with van der Waals surface area (Å²) in [4.78, 5) is 23.9. The standard InChI is InChI=1S/C11H10Br2N6OS/c12-5-1-6(13)10(16-3-5)19-9(20)4-21-11-17-7(14)2-8(15)18-11/h1-3H,4H2,(H,16,19,20)(H4,14,15,17,18). The van der Waals surface area contributed by atoms with Crippen molar-refractivity contribution in [1.29, 1.82) is 0 Å². The third kappa shape index (κ3) is 4.83. The van der Waals surface area contributed by atoms with Crippen molar-refractivity contribution < 1.29 is 4.79 Å². The number of anilines is 3. The molecule has 0 unspecified atom stereocenters. The molecule has 21 heavy (non-hydrogen) atoms. The predicted octanol–water partition coefficient (Wildman–Crippen LogP) is 2.29. The highest BCUT2D eigenvalue weighted by atomic mass is 79.9. The number of nitrogens with one attached hydrogen (secondary N) is 1. The van der Waals surface area contributed by atoms with Gasteiger partial charge >= 0.3 is 0 Å². The molecular weight excluding hydrogens is 424 g/mol. The van der Waals surface area contributed by atoms with Crippen molar-refractivity contribution in [2.45, 2.75) is 5.16 Å². The van der Waals surface area contributed by atoms with E-state index in [0.29, 0.717) is 15.4 Å². The van der Waals surface area contributed by atoms with Crippen molar-refractivity contribution >= 4 is 67.0 Å². The van der Waals surface area contributed by atoms with Gasteiger partial charge in [0.15, 0.2) is 5.16 Å². The van der Waals surface area contributed by atoms with Gasteiger partial charge in [-0.2, -0.15) is 0 Å². The van der Waals surface area contributed by atoms with Gasteiger partial charge in [0.1, 0.15) is 17.5 Å². The molecule has 10 heteroatoms. The normalized spacial score (nSPS) is 10.4. The summed E-state index contributed by atoms with van der Waals surface area (Å²) in [6.07, 6.45) is 1.59. The van der Waals surface area contributed by atoms with Gasteiger partial charge in [0.25, 0.3) is 0 Å². The van der Waals surface area contributed by atoms with Gasteiger partial charge in [-0.3, -0.25) is 4.79 Å². The Hall–Kier alpha value is -1.39. The molecule has 2 heterocycles. The molecule has 0 radical (unpaired) electrons. The average molecular weight is 434 g/mol. The highest BCUT2D eigenvalue weighted by Gasteiger charge is 2.10. The smallest absolute Gasteiger partial charge is 0.236 e. The second-order valence-corrected chi connectivity index (χ2v) is 6.53. The first-order valence-electron chi connectivity index (χ1n) is 5.58. The minimum atomic E-state index is -0.236. The van der Waals surface area contributed by atoms with Gasteiger partial charge in [0, 0.05) is 16.7 Å². The number of nitrogen functional groups attached to an aromatic ring is 2. The minimum Gasteiger partial charge on any atom is -0.383 e. The highest BCUT2D eigenvalue weighted by molar-refractivity contribution is 9.11. The number of amides is 1. The molecule has 0 aromatic carbocycles. The molecule has 2 aromatic rings. The number of pyridine rings is 1. The van der Waals surface area contributed by atoms with E-state index in [1.54, 1.807) is 12.3 Å². The molecule has 0 saturated heterocycles. The number of nitrogens with zero attached hydrogens (tertiary/aromatic N) is 3. The van der Waals surface area contributed by atoms with Crippen LogP contribution in [-0.4, -0.2) is 26.6 Å². The van der Waals surface area contributed by atoms with Crippen LogP contribution in [0.4, 0.5) is 17.5 Å². The van der Waals surface area contributed by atoms with Crippen LogP contribution in [0.5, 0.6) is 0 Å². The molecule has 0 aliphatic carbocycles. The van der Waals surface area contributed by atoms with Gasteiger partial charge in [0.2, 0.25) is 5.91 Å². The van der Waals surface area contributed by atoms with Crippen LogP contribution >= 0.6 is 43.6 Å². The molecule has 0 saturated carbocycles. The number of nitrogens with two attached hydrogens (primary N) is 2. The lowest BCUT2D eigenvalue weighted by Crippen LogP contribution is -2.15. The molecular formula is C11H10Br2N6OS. The molecule has 1 amide bonds. The summed E-state index contributed by atoms with van der Waals surface area (Å²) in [5.41, 5.74) is 11.1. The first kappa shape index (κ1) is 16.0. The fourth-order valence-electron chi connectivity index (χ4n) is 1.33. The Morgan fingerprint density at radius 1 is 1.24 bits per heavy atom. The zero-order valence-corrected chi connectivity index (χ0v) is 14.5. The number of hydrogen-bond donors (Lipinski definition) is 3. The first-order valence-corrected chi connectivity index (χ1v) is 8.15. The quantitative estimate of drug-likeness (QED) is 0.499. The Morgan fingerprint density at radius 3 is 2.52 bits per heavy atom. The number of rotatable bonds is 4. The maximum Gasteiger partial charge on any atom is 0.236 e. The van der Waals surface area contributed by atoms with E-state index in [9.17, 15) is 4.79 Å². The van der Waals surface area contributed by atoms with Gasteiger partial charge in [-0.25, -0.2) is 15.0 Å². The van der Waals surface area contributed by atoms with Crippen molar-refractivity contribution in [3.8, 4) is 0 Å². The summed E-state index contributed by atoms with van der Waals surface area (Å²) in [5.74, 6) is 0.856. The molecule has 5 N–H and O–H groups in total. The number of thioether (sulfide) groups is 1. The van der Waals surface area contributed by atoms with E-state index < -0.39 is 0 Å². The fraction of sp³-hybridized carbons (Fsp3) is 0.0909. The van der Waals surface area contributed by atoms with Crippen LogP contribution in [0.1, 0.15) is 0 Å². The molecule has 0 fully saturated rings. The van der Waals surface area contributed by atoms with Gasteiger partial charge in [-0.1, -0.05) is 11.8 Å². The molecule has 2 rings (SSSR count). The first-order chi connectivity index (χ1) is 9.94. The number of halogens is 2. The molecule has 0 aliphatic heterocycles. The Kier molecular flexibility index (Phi) is 5.37. The zero-order chi connectivity index (χ0) is 15.4. The molecule has 2 aromatic heterocycles. The largest absolute Gasteiger partial charge is 0.383 e. The van der Waals surface area contributed by atoms with Crippen LogP contribution in [0.3, 0.4) is 0 Å². The number of carbonyl (C=O) groups is 1. The minimum absolute atomic E-state index is 0.118. The summed E-state index contributed by atoms with van der Waals surface area (Å²) in [6, 6.07) is 3.24. The van der Waals surface area contributed by atoms with E-state index in [1.165, 1.54) is 6.07 Å². The average Bonchev–Trinajstić information content (AvgIpc) is 2.39. The van der Waals surface area contributed by atoms with Crippen LogP contribution in [-0.2, 0) is 4.79 Å². The van der Waals surface area contributed by atoms with Gasteiger partial charge < -0.3 is 16.8 Å². The fourth-order valence-corrected chi connectivity index (χ4v) is 3.09. The third-order valence-corrected chi connectivity index (χ3v) is 4.03. The summed E-state index contributed by atoms with van der Waals surface area (Å²) in [7, 11) is 0. The topological polar surface area (TPSA) is 120 Å². The number of hydrogen-bond acceptors (Lipinski definition) is 7. The summed E-state index contributed by atoms with van der Waals surface area (Å²) in [5, 5.41) is 3.03.